The lowest BCUT2D eigenvalue weighted by molar-refractivity contribution is 0.102. The monoisotopic (exact) mass is 339 g/mol. The number of amides is 1. The van der Waals surface area contributed by atoms with Crippen LogP contribution in [0.15, 0.2) is 36.7 Å². The summed E-state index contributed by atoms with van der Waals surface area (Å²) in [5, 5.41) is 2.99. The van der Waals surface area contributed by atoms with Crippen molar-refractivity contribution < 1.29 is 4.79 Å². The number of aromatic nitrogens is 2. The summed E-state index contributed by atoms with van der Waals surface area (Å²) in [6.07, 6.45) is 1.47. The molecule has 1 fully saturated rings. The van der Waals surface area contributed by atoms with Gasteiger partial charge in [0.2, 0.25) is 0 Å². The van der Waals surface area contributed by atoms with Crippen molar-refractivity contribution in [2.45, 2.75) is 19.8 Å². The molecule has 132 valence electrons. The number of nitrogens with one attached hydrogen (secondary N) is 1. The molecule has 2 heterocycles. The number of para-hydroxylation sites is 1. The summed E-state index contributed by atoms with van der Waals surface area (Å²) in [7, 11) is 2.11. The fourth-order valence-electron chi connectivity index (χ4n) is 2.98. The van der Waals surface area contributed by atoms with Crippen LogP contribution >= 0.6 is 0 Å². The Hall–Kier alpha value is -2.47. The molecule has 1 aromatic carbocycles. The van der Waals surface area contributed by atoms with Gasteiger partial charge in [-0.15, -0.1) is 0 Å². The van der Waals surface area contributed by atoms with E-state index in [4.69, 9.17) is 0 Å². The molecule has 1 aliphatic rings. The predicted octanol–water partition coefficient (Wildman–Crippen LogP) is 2.60. The van der Waals surface area contributed by atoms with Crippen molar-refractivity contribution in [3.63, 3.8) is 0 Å². The van der Waals surface area contributed by atoms with Crippen molar-refractivity contribution in [3.8, 4) is 0 Å². The van der Waals surface area contributed by atoms with E-state index in [2.05, 4.69) is 46.0 Å². The zero-order valence-corrected chi connectivity index (χ0v) is 15.1. The van der Waals surface area contributed by atoms with E-state index < -0.39 is 0 Å². The number of nitrogens with zero attached hydrogens (tertiary/aromatic N) is 4. The molecule has 1 aromatic heterocycles. The lowest BCUT2D eigenvalue weighted by atomic mass is 10.0. The van der Waals surface area contributed by atoms with Crippen LogP contribution in [0.1, 0.15) is 35.8 Å². The summed E-state index contributed by atoms with van der Waals surface area (Å²) >= 11 is 0. The third-order valence-electron chi connectivity index (χ3n) is 4.54. The van der Waals surface area contributed by atoms with Gasteiger partial charge in [0.15, 0.2) is 0 Å². The van der Waals surface area contributed by atoms with E-state index in [9.17, 15) is 4.79 Å². The molecule has 25 heavy (non-hydrogen) atoms. The van der Waals surface area contributed by atoms with Crippen LogP contribution in [0.2, 0.25) is 0 Å². The molecule has 0 aliphatic carbocycles. The minimum atomic E-state index is -0.203. The van der Waals surface area contributed by atoms with Crippen LogP contribution in [0.25, 0.3) is 0 Å². The van der Waals surface area contributed by atoms with Gasteiger partial charge in [0, 0.05) is 37.9 Å². The maximum Gasteiger partial charge on any atom is 0.274 e. The van der Waals surface area contributed by atoms with Gasteiger partial charge in [0.05, 0.1) is 0 Å². The summed E-state index contributed by atoms with van der Waals surface area (Å²) in [6, 6.07) is 9.66. The van der Waals surface area contributed by atoms with E-state index in [0.29, 0.717) is 11.6 Å². The summed E-state index contributed by atoms with van der Waals surface area (Å²) < 4.78 is 0. The van der Waals surface area contributed by atoms with Crippen molar-refractivity contribution >= 4 is 17.4 Å². The topological polar surface area (TPSA) is 61.4 Å². The van der Waals surface area contributed by atoms with Gasteiger partial charge in [0.1, 0.15) is 17.8 Å². The largest absolute Gasteiger partial charge is 0.354 e. The highest BCUT2D eigenvalue weighted by Gasteiger charge is 2.18. The van der Waals surface area contributed by atoms with Crippen LogP contribution in [0.5, 0.6) is 0 Å². The van der Waals surface area contributed by atoms with Crippen molar-refractivity contribution in [3.05, 3.63) is 47.9 Å². The maximum atomic E-state index is 12.6. The summed E-state index contributed by atoms with van der Waals surface area (Å²) in [5.74, 6) is 0.944. The molecule has 1 saturated heterocycles. The van der Waals surface area contributed by atoms with Crippen LogP contribution in [0.4, 0.5) is 11.5 Å². The van der Waals surface area contributed by atoms with Gasteiger partial charge < -0.3 is 15.1 Å². The molecule has 0 atom stereocenters. The number of benzene rings is 1. The molecular weight excluding hydrogens is 314 g/mol. The van der Waals surface area contributed by atoms with Gasteiger partial charge in [-0.25, -0.2) is 9.97 Å². The number of likely N-dealkylation sites (N-methyl/N-ethyl adjacent to an activating group) is 1. The maximum absolute atomic E-state index is 12.6. The Morgan fingerprint density at radius 3 is 2.56 bits per heavy atom. The molecule has 0 unspecified atom stereocenters. The van der Waals surface area contributed by atoms with E-state index in [1.54, 1.807) is 6.07 Å². The van der Waals surface area contributed by atoms with Crippen LogP contribution in [0.3, 0.4) is 0 Å². The van der Waals surface area contributed by atoms with Gasteiger partial charge in [-0.2, -0.15) is 0 Å². The number of rotatable bonds is 4. The number of piperazine rings is 1. The second kappa shape index (κ2) is 7.61. The van der Waals surface area contributed by atoms with Crippen LogP contribution in [0, 0.1) is 0 Å². The minimum Gasteiger partial charge on any atom is -0.354 e. The third-order valence-corrected chi connectivity index (χ3v) is 4.54. The first-order valence-corrected chi connectivity index (χ1v) is 8.70. The van der Waals surface area contributed by atoms with E-state index >= 15 is 0 Å². The molecule has 0 radical (unpaired) electrons. The van der Waals surface area contributed by atoms with Crippen molar-refractivity contribution in [1.82, 2.24) is 14.9 Å². The van der Waals surface area contributed by atoms with Crippen LogP contribution in [-0.2, 0) is 0 Å². The Kier molecular flexibility index (Phi) is 5.28. The molecule has 2 aromatic rings. The Labute approximate surface area is 148 Å². The number of hydrogen-bond donors (Lipinski definition) is 1. The zero-order chi connectivity index (χ0) is 17.8. The molecule has 6 nitrogen and oxygen atoms in total. The lowest BCUT2D eigenvalue weighted by Gasteiger charge is -2.33. The predicted molar refractivity (Wildman–Crippen MR) is 100 cm³/mol. The molecule has 3 rings (SSSR count). The molecule has 0 bridgehead atoms. The standard InChI is InChI=1S/C19H25N5O/c1-14(2)15-6-4-5-7-16(15)22-19(25)17-12-18(21-13-20-17)24-10-8-23(3)9-11-24/h4-7,12-14H,8-11H2,1-3H3,(H,22,25). The third kappa shape index (κ3) is 4.14. The fraction of sp³-hybridized carbons (Fsp3) is 0.421. The van der Waals surface area contributed by atoms with Gasteiger partial charge in [-0.1, -0.05) is 32.0 Å². The van der Waals surface area contributed by atoms with Crippen LogP contribution in [-0.4, -0.2) is 54.0 Å². The van der Waals surface area contributed by atoms with E-state index in [-0.39, 0.29) is 5.91 Å². The molecule has 0 spiro atoms. The smallest absolute Gasteiger partial charge is 0.274 e. The highest BCUT2D eigenvalue weighted by Crippen LogP contribution is 2.24. The first-order valence-electron chi connectivity index (χ1n) is 8.70. The Morgan fingerprint density at radius 1 is 1.12 bits per heavy atom. The number of hydrogen-bond acceptors (Lipinski definition) is 5. The molecule has 0 saturated carbocycles. The second-order valence-electron chi connectivity index (χ2n) is 6.75. The number of anilines is 2. The molecule has 1 N–H and O–H groups in total. The highest BCUT2D eigenvalue weighted by atomic mass is 16.1. The van der Waals surface area contributed by atoms with Gasteiger partial charge in [-0.3, -0.25) is 4.79 Å². The molecule has 6 heteroatoms. The molecule has 1 aliphatic heterocycles. The van der Waals surface area contributed by atoms with E-state index in [1.165, 1.54) is 6.33 Å². The second-order valence-corrected chi connectivity index (χ2v) is 6.75. The Bertz CT molecular complexity index is 738. The SMILES string of the molecule is CC(C)c1ccccc1NC(=O)c1cc(N2CCN(C)CC2)ncn1. The average molecular weight is 339 g/mol. The van der Waals surface area contributed by atoms with Gasteiger partial charge in [0.25, 0.3) is 5.91 Å². The number of carbonyl (C=O) groups is 1. The first-order chi connectivity index (χ1) is 12.0. The van der Waals surface area contributed by atoms with Crippen molar-refractivity contribution in [1.29, 1.82) is 0 Å². The zero-order valence-electron chi connectivity index (χ0n) is 15.1. The fourth-order valence-corrected chi connectivity index (χ4v) is 2.98. The van der Waals surface area contributed by atoms with Crippen LogP contribution < -0.4 is 10.2 Å². The van der Waals surface area contributed by atoms with E-state index in [0.717, 1.165) is 43.2 Å². The molecular formula is C19H25N5O. The minimum absolute atomic E-state index is 0.203. The first kappa shape index (κ1) is 17.4. The highest BCUT2D eigenvalue weighted by molar-refractivity contribution is 6.03. The summed E-state index contributed by atoms with van der Waals surface area (Å²) in [4.78, 5) is 25.6. The normalized spacial score (nSPS) is 15.4. The number of carbonyl (C=O) groups excluding carboxylic acids is 1. The average Bonchev–Trinajstić information content (AvgIpc) is 2.62. The Morgan fingerprint density at radius 2 is 1.84 bits per heavy atom. The van der Waals surface area contributed by atoms with Crippen molar-refractivity contribution in [2.24, 2.45) is 0 Å². The quantitative estimate of drug-likeness (QED) is 0.928. The molecule has 1 amide bonds. The van der Waals surface area contributed by atoms with Gasteiger partial charge >= 0.3 is 0 Å². The lowest BCUT2D eigenvalue weighted by Crippen LogP contribution is -2.44. The summed E-state index contributed by atoms with van der Waals surface area (Å²) in [6.45, 7) is 8.03. The van der Waals surface area contributed by atoms with Crippen molar-refractivity contribution in [2.75, 3.05) is 43.4 Å². The van der Waals surface area contributed by atoms with E-state index in [1.807, 2.05) is 24.3 Å². The van der Waals surface area contributed by atoms with Gasteiger partial charge in [-0.05, 0) is 24.6 Å². The Balaban J connectivity index is 1.76. The summed E-state index contributed by atoms with van der Waals surface area (Å²) in [5.41, 5.74) is 2.34.